The van der Waals surface area contributed by atoms with Crippen molar-refractivity contribution in [1.82, 2.24) is 5.32 Å². The first-order chi connectivity index (χ1) is 11.7. The average molecular weight is 364 g/mol. The van der Waals surface area contributed by atoms with Gasteiger partial charge in [-0.25, -0.2) is 12.8 Å². The molecule has 1 N–H and O–H groups in total. The molecule has 5 nitrogen and oxygen atoms in total. The van der Waals surface area contributed by atoms with Gasteiger partial charge in [0.1, 0.15) is 5.82 Å². The van der Waals surface area contributed by atoms with Crippen molar-refractivity contribution < 1.29 is 17.6 Å². The van der Waals surface area contributed by atoms with Crippen molar-refractivity contribution in [2.45, 2.75) is 13.8 Å². The number of aryl methyl sites for hydroxylation is 2. The topological polar surface area (TPSA) is 66.5 Å². The van der Waals surface area contributed by atoms with Crippen molar-refractivity contribution in [3.63, 3.8) is 0 Å². The number of nitrogens with zero attached hydrogens (tertiary/aromatic N) is 1. The van der Waals surface area contributed by atoms with Crippen LogP contribution in [0, 0.1) is 19.7 Å². The van der Waals surface area contributed by atoms with Crippen molar-refractivity contribution in [3.05, 3.63) is 65.0 Å². The third-order valence-corrected chi connectivity index (χ3v) is 5.06. The Morgan fingerprint density at radius 1 is 1.12 bits per heavy atom. The first kappa shape index (κ1) is 18.9. The minimum absolute atomic E-state index is 0.0857. The van der Waals surface area contributed by atoms with Crippen LogP contribution < -0.4 is 9.62 Å². The molecule has 0 aliphatic rings. The van der Waals surface area contributed by atoms with Crippen LogP contribution in [-0.2, 0) is 10.0 Å². The van der Waals surface area contributed by atoms with Crippen molar-refractivity contribution >= 4 is 21.6 Å². The molecule has 1 amide bonds. The number of nitrogens with one attached hydrogen (secondary N) is 1. The maximum Gasteiger partial charge on any atom is 0.251 e. The smallest absolute Gasteiger partial charge is 0.251 e. The molecule has 2 aromatic carbocycles. The average Bonchev–Trinajstić information content (AvgIpc) is 2.53. The van der Waals surface area contributed by atoms with E-state index in [0.29, 0.717) is 5.69 Å². The van der Waals surface area contributed by atoms with Gasteiger partial charge in [-0.3, -0.25) is 9.10 Å². The lowest BCUT2D eigenvalue weighted by atomic mass is 10.1. The molecule has 0 aliphatic heterocycles. The Balaban J connectivity index is 2.08. The Bertz CT molecular complexity index is 882. The van der Waals surface area contributed by atoms with Crippen LogP contribution in [0.25, 0.3) is 0 Å². The predicted octanol–water partition coefficient (Wildman–Crippen LogP) is 2.64. The number of hydrogen-bond donors (Lipinski definition) is 1. The second-order valence-electron chi connectivity index (χ2n) is 5.87. The van der Waals surface area contributed by atoms with E-state index in [-0.39, 0.29) is 18.7 Å². The molecule has 0 heterocycles. The fourth-order valence-corrected chi connectivity index (χ4v) is 3.29. The highest BCUT2D eigenvalue weighted by Crippen LogP contribution is 2.20. The molecule has 7 heteroatoms. The van der Waals surface area contributed by atoms with Crippen molar-refractivity contribution in [2.24, 2.45) is 0 Å². The molecule has 0 saturated carbocycles. The standard InChI is InChI=1S/C18H21FN2O3S/c1-13-7-8-17(11-14(13)2)21(25(3,23)24)10-9-20-18(22)15-5-4-6-16(19)12-15/h4-8,11-12H,9-10H2,1-3H3,(H,20,22). The summed E-state index contributed by atoms with van der Waals surface area (Å²) in [6, 6.07) is 10.7. The fourth-order valence-electron chi connectivity index (χ4n) is 2.37. The summed E-state index contributed by atoms with van der Waals surface area (Å²) < 4.78 is 38.6. The molecular weight excluding hydrogens is 343 g/mol. The largest absolute Gasteiger partial charge is 0.350 e. The molecule has 0 spiro atoms. The van der Waals surface area contributed by atoms with Crippen molar-refractivity contribution in [3.8, 4) is 0 Å². The maximum atomic E-state index is 13.2. The third-order valence-electron chi connectivity index (χ3n) is 3.87. The van der Waals surface area contributed by atoms with Crippen LogP contribution in [0.3, 0.4) is 0 Å². The van der Waals surface area contributed by atoms with Gasteiger partial charge in [0.05, 0.1) is 18.5 Å². The van der Waals surface area contributed by atoms with Crippen LogP contribution in [0.15, 0.2) is 42.5 Å². The molecule has 0 aliphatic carbocycles. The summed E-state index contributed by atoms with van der Waals surface area (Å²) in [6.07, 6.45) is 1.12. The highest BCUT2D eigenvalue weighted by Gasteiger charge is 2.18. The number of anilines is 1. The quantitative estimate of drug-likeness (QED) is 0.857. The number of amides is 1. The molecule has 0 atom stereocenters. The lowest BCUT2D eigenvalue weighted by molar-refractivity contribution is 0.0954. The van der Waals surface area contributed by atoms with Crippen molar-refractivity contribution in [1.29, 1.82) is 0 Å². The van der Waals surface area contributed by atoms with Gasteiger partial charge in [-0.2, -0.15) is 0 Å². The zero-order chi connectivity index (χ0) is 18.6. The summed E-state index contributed by atoms with van der Waals surface area (Å²) >= 11 is 0. The van der Waals surface area contributed by atoms with Gasteiger partial charge in [-0.05, 0) is 55.3 Å². The Morgan fingerprint density at radius 3 is 2.44 bits per heavy atom. The van der Waals surface area contributed by atoms with Gasteiger partial charge in [-0.15, -0.1) is 0 Å². The van der Waals surface area contributed by atoms with E-state index in [4.69, 9.17) is 0 Å². The normalized spacial score (nSPS) is 11.2. The van der Waals surface area contributed by atoms with E-state index in [1.165, 1.54) is 22.5 Å². The van der Waals surface area contributed by atoms with E-state index in [9.17, 15) is 17.6 Å². The van der Waals surface area contributed by atoms with E-state index in [2.05, 4.69) is 5.32 Å². The van der Waals surface area contributed by atoms with E-state index < -0.39 is 21.7 Å². The molecule has 0 aromatic heterocycles. The summed E-state index contributed by atoms with van der Waals surface area (Å²) in [4.78, 5) is 12.0. The first-order valence-electron chi connectivity index (χ1n) is 7.77. The van der Waals surface area contributed by atoms with Crippen LogP contribution in [0.2, 0.25) is 0 Å². The number of benzene rings is 2. The Labute approximate surface area is 147 Å². The monoisotopic (exact) mass is 364 g/mol. The van der Waals surface area contributed by atoms with Gasteiger partial charge >= 0.3 is 0 Å². The van der Waals surface area contributed by atoms with Gasteiger partial charge in [0, 0.05) is 12.1 Å². The summed E-state index contributed by atoms with van der Waals surface area (Å²) in [5.74, 6) is -0.950. The van der Waals surface area contributed by atoms with Crippen LogP contribution >= 0.6 is 0 Å². The van der Waals surface area contributed by atoms with E-state index in [0.717, 1.165) is 23.4 Å². The second-order valence-corrected chi connectivity index (χ2v) is 7.78. The zero-order valence-electron chi connectivity index (χ0n) is 14.4. The van der Waals surface area contributed by atoms with Gasteiger partial charge in [0.2, 0.25) is 10.0 Å². The summed E-state index contributed by atoms with van der Waals surface area (Å²) in [6.45, 7) is 4.05. The Kier molecular flexibility index (Phi) is 5.79. The minimum Gasteiger partial charge on any atom is -0.350 e. The van der Waals surface area contributed by atoms with Gasteiger partial charge in [-0.1, -0.05) is 12.1 Å². The SMILES string of the molecule is Cc1ccc(N(CCNC(=O)c2cccc(F)c2)S(C)(=O)=O)cc1C. The molecule has 25 heavy (non-hydrogen) atoms. The van der Waals surface area contributed by atoms with Crippen molar-refractivity contribution in [2.75, 3.05) is 23.7 Å². The number of halogens is 1. The van der Waals surface area contributed by atoms with Crippen LogP contribution in [-0.4, -0.2) is 33.7 Å². The van der Waals surface area contributed by atoms with Gasteiger partial charge in [0.25, 0.3) is 5.91 Å². The molecular formula is C18H21FN2O3S. The zero-order valence-corrected chi connectivity index (χ0v) is 15.2. The van der Waals surface area contributed by atoms with Crippen LogP contribution in [0.1, 0.15) is 21.5 Å². The molecule has 0 radical (unpaired) electrons. The number of carbonyl (C=O) groups excluding carboxylic acids is 1. The summed E-state index contributed by atoms with van der Waals surface area (Å²) in [5.41, 5.74) is 2.79. The molecule has 134 valence electrons. The summed E-state index contributed by atoms with van der Waals surface area (Å²) in [5, 5.41) is 2.61. The molecule has 0 bridgehead atoms. The lowest BCUT2D eigenvalue weighted by Crippen LogP contribution is -2.38. The van der Waals surface area contributed by atoms with E-state index in [1.54, 1.807) is 12.1 Å². The molecule has 0 fully saturated rings. The number of rotatable bonds is 6. The Hall–Kier alpha value is -2.41. The third kappa shape index (κ3) is 5.03. The predicted molar refractivity (Wildman–Crippen MR) is 96.8 cm³/mol. The highest BCUT2D eigenvalue weighted by atomic mass is 32.2. The first-order valence-corrected chi connectivity index (χ1v) is 9.62. The van der Waals surface area contributed by atoms with Crippen LogP contribution in [0.4, 0.5) is 10.1 Å². The van der Waals surface area contributed by atoms with Crippen LogP contribution in [0.5, 0.6) is 0 Å². The molecule has 0 saturated heterocycles. The second kappa shape index (κ2) is 7.65. The fraction of sp³-hybridized carbons (Fsp3) is 0.278. The number of hydrogen-bond acceptors (Lipinski definition) is 3. The van der Waals surface area contributed by atoms with Gasteiger partial charge < -0.3 is 5.32 Å². The van der Waals surface area contributed by atoms with E-state index >= 15 is 0 Å². The summed E-state index contributed by atoms with van der Waals surface area (Å²) in [7, 11) is -3.49. The molecule has 0 unspecified atom stereocenters. The van der Waals surface area contributed by atoms with E-state index in [1.807, 2.05) is 19.9 Å². The maximum absolute atomic E-state index is 13.2. The van der Waals surface area contributed by atoms with Gasteiger partial charge in [0.15, 0.2) is 0 Å². The lowest BCUT2D eigenvalue weighted by Gasteiger charge is -2.23. The number of sulfonamides is 1. The minimum atomic E-state index is -3.49. The number of carbonyl (C=O) groups is 1. The highest BCUT2D eigenvalue weighted by molar-refractivity contribution is 7.92. The molecule has 2 aromatic rings. The Morgan fingerprint density at radius 2 is 1.84 bits per heavy atom. The molecule has 2 rings (SSSR count).